The zero-order valence-corrected chi connectivity index (χ0v) is 15.3. The molecule has 1 amide bonds. The summed E-state index contributed by atoms with van der Waals surface area (Å²) in [6.45, 7) is 0. The Morgan fingerprint density at radius 1 is 1.30 bits per heavy atom. The van der Waals surface area contributed by atoms with Crippen molar-refractivity contribution >= 4 is 11.9 Å². The van der Waals surface area contributed by atoms with Gasteiger partial charge in [-0.25, -0.2) is 19.6 Å². The molecule has 1 aromatic carbocycles. The molecule has 0 spiro atoms. The summed E-state index contributed by atoms with van der Waals surface area (Å²) in [7, 11) is 3.84. The molecule has 1 aliphatic rings. The molecule has 0 saturated heterocycles. The maximum Gasteiger partial charge on any atom is 0.253 e. The minimum atomic E-state index is -0.143. The first-order chi connectivity index (χ1) is 13.1. The van der Waals surface area contributed by atoms with E-state index < -0.39 is 0 Å². The number of aryl methyl sites for hydroxylation is 1. The topological polar surface area (TPSA) is 88.8 Å². The molecule has 1 N–H and O–H groups in total. The van der Waals surface area contributed by atoms with Crippen molar-refractivity contribution in [1.82, 2.24) is 30.0 Å². The third-order valence-corrected chi connectivity index (χ3v) is 4.69. The lowest BCUT2D eigenvalue weighted by Gasteiger charge is -2.26. The molecule has 0 aliphatic heterocycles. The van der Waals surface area contributed by atoms with Crippen molar-refractivity contribution in [2.24, 2.45) is 0 Å². The third-order valence-electron chi connectivity index (χ3n) is 4.69. The monoisotopic (exact) mass is 363 g/mol. The van der Waals surface area contributed by atoms with Gasteiger partial charge in [0.05, 0.1) is 23.0 Å². The number of rotatable bonds is 4. The van der Waals surface area contributed by atoms with E-state index >= 15 is 0 Å². The van der Waals surface area contributed by atoms with E-state index in [0.717, 1.165) is 30.5 Å². The number of hydrogen-bond acceptors (Lipinski definition) is 6. The quantitative estimate of drug-likeness (QED) is 0.762. The molecule has 2 heterocycles. The fourth-order valence-corrected chi connectivity index (χ4v) is 3.34. The van der Waals surface area contributed by atoms with Crippen molar-refractivity contribution in [3.8, 4) is 5.69 Å². The second-order valence-electron chi connectivity index (χ2n) is 6.74. The van der Waals surface area contributed by atoms with Crippen LogP contribution < -0.4 is 10.2 Å². The van der Waals surface area contributed by atoms with Gasteiger partial charge in [0.25, 0.3) is 5.91 Å². The van der Waals surface area contributed by atoms with Gasteiger partial charge in [-0.3, -0.25) is 4.79 Å². The highest BCUT2D eigenvalue weighted by Crippen LogP contribution is 2.29. The van der Waals surface area contributed by atoms with E-state index in [4.69, 9.17) is 0 Å². The SMILES string of the molecule is CN(C)c1ncc2c(n1)CCC[C@H]2NC(=O)c1ccccc1-n1cncn1. The van der Waals surface area contributed by atoms with Crippen molar-refractivity contribution in [1.29, 1.82) is 0 Å². The van der Waals surface area contributed by atoms with Crippen LogP contribution in [0, 0.1) is 0 Å². The summed E-state index contributed by atoms with van der Waals surface area (Å²) in [6, 6.07) is 7.27. The maximum absolute atomic E-state index is 13.0. The molecular weight excluding hydrogens is 342 g/mol. The van der Waals surface area contributed by atoms with E-state index in [1.54, 1.807) is 17.1 Å². The zero-order valence-electron chi connectivity index (χ0n) is 15.3. The smallest absolute Gasteiger partial charge is 0.253 e. The lowest BCUT2D eigenvalue weighted by Crippen LogP contribution is -2.32. The molecule has 1 atom stereocenters. The standard InChI is InChI=1S/C19H21N7O/c1-25(2)19-21-10-14-15(7-5-8-16(14)24-19)23-18(27)13-6-3-4-9-17(13)26-12-20-11-22-26/h3-4,6,9-12,15H,5,7-8H2,1-2H3,(H,23,27)/t15-/m1/s1. The van der Waals surface area contributed by atoms with Crippen LogP contribution in [0.3, 0.4) is 0 Å². The second-order valence-corrected chi connectivity index (χ2v) is 6.74. The van der Waals surface area contributed by atoms with Gasteiger partial charge < -0.3 is 10.2 Å². The van der Waals surface area contributed by atoms with Crippen LogP contribution in [0.15, 0.2) is 43.1 Å². The van der Waals surface area contributed by atoms with Crippen LogP contribution in [-0.4, -0.2) is 44.7 Å². The molecule has 8 heteroatoms. The van der Waals surface area contributed by atoms with Crippen molar-refractivity contribution in [2.75, 3.05) is 19.0 Å². The summed E-state index contributed by atoms with van der Waals surface area (Å²) in [6.07, 6.45) is 7.62. The fourth-order valence-electron chi connectivity index (χ4n) is 3.34. The number of benzene rings is 1. The predicted octanol–water partition coefficient (Wildman–Crippen LogP) is 1.93. The average molecular weight is 363 g/mol. The number of carbonyl (C=O) groups excluding carboxylic acids is 1. The van der Waals surface area contributed by atoms with Crippen LogP contribution >= 0.6 is 0 Å². The van der Waals surface area contributed by atoms with Gasteiger partial charge in [-0.05, 0) is 31.4 Å². The van der Waals surface area contributed by atoms with Crippen LogP contribution in [0.1, 0.15) is 40.5 Å². The van der Waals surface area contributed by atoms with Gasteiger partial charge in [0.15, 0.2) is 0 Å². The number of nitrogens with one attached hydrogen (secondary N) is 1. The van der Waals surface area contributed by atoms with Gasteiger partial charge in [-0.15, -0.1) is 0 Å². The molecule has 8 nitrogen and oxygen atoms in total. The average Bonchev–Trinajstić information content (AvgIpc) is 3.22. The van der Waals surface area contributed by atoms with E-state index in [9.17, 15) is 4.79 Å². The number of anilines is 1. The van der Waals surface area contributed by atoms with Crippen LogP contribution in [0.4, 0.5) is 5.95 Å². The molecule has 0 unspecified atom stereocenters. The van der Waals surface area contributed by atoms with Crippen molar-refractivity contribution in [3.05, 3.63) is 59.9 Å². The molecule has 0 fully saturated rings. The van der Waals surface area contributed by atoms with Crippen LogP contribution in [-0.2, 0) is 6.42 Å². The minimum Gasteiger partial charge on any atom is -0.347 e. The van der Waals surface area contributed by atoms with E-state index in [1.165, 1.54) is 6.33 Å². The number of hydrogen-bond donors (Lipinski definition) is 1. The number of nitrogens with zero attached hydrogens (tertiary/aromatic N) is 6. The number of para-hydroxylation sites is 1. The molecular formula is C19H21N7O. The van der Waals surface area contributed by atoms with Gasteiger partial charge in [0, 0.05) is 25.9 Å². The fraction of sp³-hybridized carbons (Fsp3) is 0.316. The Balaban J connectivity index is 1.61. The molecule has 0 radical (unpaired) electrons. The van der Waals surface area contributed by atoms with E-state index in [1.807, 2.05) is 43.4 Å². The first-order valence-corrected chi connectivity index (χ1v) is 8.91. The largest absolute Gasteiger partial charge is 0.347 e. The summed E-state index contributed by atoms with van der Waals surface area (Å²) < 4.78 is 1.59. The maximum atomic E-state index is 13.0. The summed E-state index contributed by atoms with van der Waals surface area (Å²) in [5.74, 6) is 0.549. The first-order valence-electron chi connectivity index (χ1n) is 8.91. The number of fused-ring (bicyclic) bond motifs is 1. The lowest BCUT2D eigenvalue weighted by atomic mass is 9.92. The molecule has 2 aromatic heterocycles. The van der Waals surface area contributed by atoms with Gasteiger partial charge in [0.1, 0.15) is 12.7 Å². The van der Waals surface area contributed by atoms with E-state index in [2.05, 4.69) is 25.4 Å². The zero-order chi connectivity index (χ0) is 18.8. The lowest BCUT2D eigenvalue weighted by molar-refractivity contribution is 0.0932. The number of aromatic nitrogens is 5. The van der Waals surface area contributed by atoms with Gasteiger partial charge >= 0.3 is 0 Å². The van der Waals surface area contributed by atoms with Crippen LogP contribution in [0.25, 0.3) is 5.69 Å². The Morgan fingerprint density at radius 2 is 2.15 bits per heavy atom. The minimum absolute atomic E-state index is 0.0961. The first kappa shape index (κ1) is 17.1. The molecule has 138 valence electrons. The van der Waals surface area contributed by atoms with Gasteiger partial charge in [0.2, 0.25) is 5.95 Å². The molecule has 1 aliphatic carbocycles. The Morgan fingerprint density at radius 3 is 2.93 bits per heavy atom. The number of amides is 1. The molecule has 27 heavy (non-hydrogen) atoms. The molecule has 4 rings (SSSR count). The highest BCUT2D eigenvalue weighted by Gasteiger charge is 2.25. The highest BCUT2D eigenvalue weighted by atomic mass is 16.1. The van der Waals surface area contributed by atoms with Crippen molar-refractivity contribution < 1.29 is 4.79 Å². The van der Waals surface area contributed by atoms with Gasteiger partial charge in [-0.2, -0.15) is 5.10 Å². The Labute approximate surface area is 157 Å². The Bertz CT molecular complexity index is 952. The van der Waals surface area contributed by atoms with E-state index in [0.29, 0.717) is 17.2 Å². The van der Waals surface area contributed by atoms with Gasteiger partial charge in [-0.1, -0.05) is 12.1 Å². The summed E-state index contributed by atoms with van der Waals surface area (Å²) in [5.41, 5.74) is 3.26. The Kier molecular flexibility index (Phi) is 4.53. The normalized spacial score (nSPS) is 15.9. The van der Waals surface area contributed by atoms with Crippen molar-refractivity contribution in [2.45, 2.75) is 25.3 Å². The van der Waals surface area contributed by atoms with Crippen LogP contribution in [0.2, 0.25) is 0 Å². The second kappa shape index (κ2) is 7.14. The predicted molar refractivity (Wildman–Crippen MR) is 101 cm³/mol. The third kappa shape index (κ3) is 3.38. The summed E-state index contributed by atoms with van der Waals surface area (Å²) in [5, 5.41) is 7.29. The summed E-state index contributed by atoms with van der Waals surface area (Å²) in [4.78, 5) is 27.9. The van der Waals surface area contributed by atoms with E-state index in [-0.39, 0.29) is 11.9 Å². The number of carbonyl (C=O) groups is 1. The molecule has 0 saturated carbocycles. The molecule has 3 aromatic rings. The summed E-state index contributed by atoms with van der Waals surface area (Å²) >= 11 is 0. The van der Waals surface area contributed by atoms with Crippen molar-refractivity contribution in [3.63, 3.8) is 0 Å². The highest BCUT2D eigenvalue weighted by molar-refractivity contribution is 5.98. The molecule has 0 bridgehead atoms. The van der Waals surface area contributed by atoms with Crippen LogP contribution in [0.5, 0.6) is 0 Å². The Hall–Kier alpha value is -3.29.